The number of rotatable bonds is 2. The number of hydrogen-bond donors (Lipinski definition) is 2. The average molecular weight is 366 g/mol. The van der Waals surface area contributed by atoms with Crippen molar-refractivity contribution in [2.45, 2.75) is 39.2 Å². The Morgan fingerprint density at radius 2 is 2.15 bits per heavy atom. The number of aromatic amines is 1. The van der Waals surface area contributed by atoms with Gasteiger partial charge in [0.05, 0.1) is 11.2 Å². The van der Waals surface area contributed by atoms with E-state index in [-0.39, 0.29) is 5.91 Å². The maximum atomic E-state index is 13.1. The summed E-state index contributed by atoms with van der Waals surface area (Å²) < 4.78 is 2.10. The van der Waals surface area contributed by atoms with Crippen LogP contribution in [-0.4, -0.2) is 49.1 Å². The van der Waals surface area contributed by atoms with Crippen molar-refractivity contribution >= 4 is 16.9 Å². The van der Waals surface area contributed by atoms with Gasteiger partial charge in [-0.1, -0.05) is 0 Å². The predicted molar refractivity (Wildman–Crippen MR) is 106 cm³/mol. The van der Waals surface area contributed by atoms with E-state index in [0.717, 1.165) is 29.5 Å². The van der Waals surface area contributed by atoms with E-state index < -0.39 is 5.60 Å². The Bertz CT molecular complexity index is 1030. The summed E-state index contributed by atoms with van der Waals surface area (Å²) in [5.74, 6) is -0.0473. The maximum Gasteiger partial charge on any atom is 0.254 e. The van der Waals surface area contributed by atoms with Crippen molar-refractivity contribution in [2.75, 3.05) is 13.1 Å². The molecule has 1 amide bonds. The largest absolute Gasteiger partial charge is 0.388 e. The molecular formula is C21H26N4O2. The third-order valence-corrected chi connectivity index (χ3v) is 5.81. The van der Waals surface area contributed by atoms with E-state index in [1.807, 2.05) is 13.1 Å². The highest BCUT2D eigenvalue weighted by molar-refractivity contribution is 6.06. The number of carbonyl (C=O) groups excluding carboxylic acids is 1. The van der Waals surface area contributed by atoms with Crippen LogP contribution in [0.4, 0.5) is 0 Å². The van der Waals surface area contributed by atoms with Crippen LogP contribution in [0, 0.1) is 13.8 Å². The van der Waals surface area contributed by atoms with E-state index in [1.165, 1.54) is 11.3 Å². The minimum atomic E-state index is -0.817. The molecule has 1 saturated heterocycles. The van der Waals surface area contributed by atoms with Gasteiger partial charge in [-0.25, -0.2) is 4.98 Å². The topological polar surface area (TPSA) is 74.2 Å². The van der Waals surface area contributed by atoms with Gasteiger partial charge in [0, 0.05) is 54.9 Å². The molecule has 1 atom stereocenters. The number of aryl methyl sites for hydroxylation is 1. The van der Waals surface area contributed by atoms with Crippen LogP contribution in [0.15, 0.2) is 24.5 Å². The number of pyridine rings is 1. The summed E-state index contributed by atoms with van der Waals surface area (Å²) in [6.45, 7) is 7.03. The van der Waals surface area contributed by atoms with Crippen LogP contribution in [0.3, 0.4) is 0 Å². The fourth-order valence-corrected chi connectivity index (χ4v) is 4.04. The van der Waals surface area contributed by atoms with Crippen LogP contribution in [-0.2, 0) is 7.05 Å². The number of nitrogens with zero attached hydrogens (tertiary/aromatic N) is 3. The lowest BCUT2D eigenvalue weighted by Crippen LogP contribution is -2.48. The van der Waals surface area contributed by atoms with Crippen LogP contribution in [0.5, 0.6) is 0 Å². The van der Waals surface area contributed by atoms with Gasteiger partial charge in [0.15, 0.2) is 0 Å². The molecule has 0 aliphatic carbocycles. The molecule has 0 radical (unpaired) electrons. The van der Waals surface area contributed by atoms with Crippen molar-refractivity contribution in [2.24, 2.45) is 7.05 Å². The highest BCUT2D eigenvalue weighted by atomic mass is 16.3. The number of aromatic nitrogens is 3. The second-order valence-electron chi connectivity index (χ2n) is 8.00. The number of nitrogens with one attached hydrogen (secondary N) is 1. The van der Waals surface area contributed by atoms with Gasteiger partial charge >= 0.3 is 0 Å². The first-order valence-electron chi connectivity index (χ1n) is 9.39. The Hall–Kier alpha value is -2.60. The zero-order chi connectivity index (χ0) is 19.3. The summed E-state index contributed by atoms with van der Waals surface area (Å²) in [6.07, 6.45) is 5.30. The standard InChI is InChI=1S/C21H26N4O2/c1-13-14(2)24(4)11-17(13)18-10-16-15(6-8-22-19(16)23-18)20(26)25-9-5-7-21(3,27)12-25/h6,8,10-11,27H,5,7,9,12H2,1-4H3,(H,22,23). The molecule has 27 heavy (non-hydrogen) atoms. The fraction of sp³-hybridized carbons (Fsp3) is 0.429. The van der Waals surface area contributed by atoms with Crippen LogP contribution >= 0.6 is 0 Å². The number of likely N-dealkylation sites (tertiary alicyclic amines) is 1. The van der Waals surface area contributed by atoms with Crippen molar-refractivity contribution in [1.29, 1.82) is 0 Å². The minimum absolute atomic E-state index is 0.0473. The molecular weight excluding hydrogens is 340 g/mol. The summed E-state index contributed by atoms with van der Waals surface area (Å²) in [5, 5.41) is 11.2. The van der Waals surface area contributed by atoms with E-state index in [9.17, 15) is 9.90 Å². The number of aliphatic hydroxyl groups is 1. The summed E-state index contributed by atoms with van der Waals surface area (Å²) in [7, 11) is 2.03. The number of hydrogen-bond acceptors (Lipinski definition) is 3. The Morgan fingerprint density at radius 1 is 1.37 bits per heavy atom. The minimum Gasteiger partial charge on any atom is -0.388 e. The van der Waals surface area contributed by atoms with Gasteiger partial charge < -0.3 is 19.6 Å². The zero-order valence-corrected chi connectivity index (χ0v) is 16.3. The van der Waals surface area contributed by atoms with Crippen LogP contribution in [0.1, 0.15) is 41.4 Å². The molecule has 0 spiro atoms. The van der Waals surface area contributed by atoms with Gasteiger partial charge in [-0.15, -0.1) is 0 Å². The third kappa shape index (κ3) is 3.04. The van der Waals surface area contributed by atoms with E-state index in [2.05, 4.69) is 34.6 Å². The first-order valence-corrected chi connectivity index (χ1v) is 9.39. The molecule has 1 unspecified atom stereocenters. The maximum absolute atomic E-state index is 13.1. The van der Waals surface area contributed by atoms with Crippen molar-refractivity contribution < 1.29 is 9.90 Å². The summed E-state index contributed by atoms with van der Waals surface area (Å²) in [5.41, 5.74) is 5.03. The van der Waals surface area contributed by atoms with Crippen molar-refractivity contribution in [1.82, 2.24) is 19.4 Å². The molecule has 1 aliphatic heterocycles. The highest BCUT2D eigenvalue weighted by Gasteiger charge is 2.32. The van der Waals surface area contributed by atoms with Crippen molar-refractivity contribution in [3.05, 3.63) is 41.3 Å². The first kappa shape index (κ1) is 17.8. The summed E-state index contributed by atoms with van der Waals surface area (Å²) in [4.78, 5) is 22.7. The van der Waals surface area contributed by atoms with Gasteiger partial charge in [-0.2, -0.15) is 0 Å². The quantitative estimate of drug-likeness (QED) is 0.732. The molecule has 0 bridgehead atoms. The predicted octanol–water partition coefficient (Wildman–Crippen LogP) is 3.17. The van der Waals surface area contributed by atoms with Gasteiger partial charge in [0.1, 0.15) is 5.65 Å². The smallest absolute Gasteiger partial charge is 0.254 e. The number of carbonyl (C=O) groups is 1. The van der Waals surface area contributed by atoms with E-state index in [0.29, 0.717) is 24.3 Å². The number of piperidine rings is 1. The van der Waals surface area contributed by atoms with Crippen LogP contribution in [0.2, 0.25) is 0 Å². The normalized spacial score (nSPS) is 20.4. The SMILES string of the molecule is Cc1c(-c2cc3c(C(=O)N4CCCC(C)(O)C4)ccnc3[nH]2)cn(C)c1C. The molecule has 1 aliphatic rings. The lowest BCUT2D eigenvalue weighted by atomic mass is 9.94. The Balaban J connectivity index is 1.75. The lowest BCUT2D eigenvalue weighted by Gasteiger charge is -2.36. The van der Waals surface area contributed by atoms with Crippen molar-refractivity contribution in [3.8, 4) is 11.3 Å². The number of H-pyrrole nitrogens is 1. The molecule has 6 heteroatoms. The van der Waals surface area contributed by atoms with Crippen LogP contribution < -0.4 is 0 Å². The second-order valence-corrected chi connectivity index (χ2v) is 8.00. The summed E-state index contributed by atoms with van der Waals surface area (Å²) in [6, 6.07) is 3.79. The van der Waals surface area contributed by atoms with Gasteiger partial charge in [0.25, 0.3) is 5.91 Å². The molecule has 0 saturated carbocycles. The van der Waals surface area contributed by atoms with Gasteiger partial charge in [0.2, 0.25) is 0 Å². The summed E-state index contributed by atoms with van der Waals surface area (Å²) >= 11 is 0. The van der Waals surface area contributed by atoms with E-state index in [4.69, 9.17) is 0 Å². The van der Waals surface area contributed by atoms with Gasteiger partial charge in [-0.05, 0) is 51.3 Å². The first-order chi connectivity index (χ1) is 12.8. The molecule has 3 aromatic heterocycles. The highest BCUT2D eigenvalue weighted by Crippen LogP contribution is 2.31. The zero-order valence-electron chi connectivity index (χ0n) is 16.3. The average Bonchev–Trinajstić information content (AvgIpc) is 3.16. The molecule has 1 fully saturated rings. The molecule has 6 nitrogen and oxygen atoms in total. The molecule has 4 heterocycles. The van der Waals surface area contributed by atoms with E-state index in [1.54, 1.807) is 24.1 Å². The molecule has 142 valence electrons. The Labute approximate surface area is 158 Å². The van der Waals surface area contributed by atoms with E-state index >= 15 is 0 Å². The Kier molecular flexibility index (Phi) is 4.11. The van der Waals surface area contributed by atoms with Gasteiger partial charge in [-0.3, -0.25) is 4.79 Å². The fourth-order valence-electron chi connectivity index (χ4n) is 4.04. The number of fused-ring (bicyclic) bond motifs is 1. The monoisotopic (exact) mass is 366 g/mol. The molecule has 4 rings (SSSR count). The van der Waals surface area contributed by atoms with Crippen LogP contribution in [0.25, 0.3) is 22.3 Å². The Morgan fingerprint density at radius 3 is 2.81 bits per heavy atom. The number of β-amino-alcohol motifs (C(OH)–C–C–N with tert-alkyl or cyclic N) is 1. The molecule has 2 N–H and O–H groups in total. The molecule has 0 aromatic carbocycles. The molecule has 3 aromatic rings. The van der Waals surface area contributed by atoms with Crippen molar-refractivity contribution in [3.63, 3.8) is 0 Å². The second kappa shape index (κ2) is 6.23. The number of amides is 1. The third-order valence-electron chi connectivity index (χ3n) is 5.81. The lowest BCUT2D eigenvalue weighted by molar-refractivity contribution is -0.0106.